The van der Waals surface area contributed by atoms with E-state index in [1.54, 1.807) is 18.2 Å². The zero-order chi connectivity index (χ0) is 14.1. The summed E-state index contributed by atoms with van der Waals surface area (Å²) in [5.41, 5.74) is 2.75. The van der Waals surface area contributed by atoms with E-state index in [1.165, 1.54) is 0 Å². The molecule has 100 valence electrons. The van der Waals surface area contributed by atoms with Crippen LogP contribution in [-0.4, -0.2) is 10.2 Å². The number of hydrogen-bond donors (Lipinski definition) is 0. The van der Waals surface area contributed by atoms with Crippen LogP contribution in [0.2, 0.25) is 10.0 Å². The van der Waals surface area contributed by atoms with Crippen molar-refractivity contribution in [1.82, 2.24) is 10.2 Å². The first-order chi connectivity index (χ1) is 9.65. The van der Waals surface area contributed by atoms with Gasteiger partial charge < -0.3 is 4.42 Å². The van der Waals surface area contributed by atoms with Crippen LogP contribution in [0.3, 0.4) is 0 Å². The molecule has 0 aliphatic heterocycles. The van der Waals surface area contributed by atoms with Gasteiger partial charge in [0.25, 0.3) is 0 Å². The molecule has 0 atom stereocenters. The van der Waals surface area contributed by atoms with E-state index >= 15 is 0 Å². The Hall–Kier alpha value is -1.84. The van der Waals surface area contributed by atoms with Gasteiger partial charge >= 0.3 is 0 Å². The van der Waals surface area contributed by atoms with E-state index in [0.717, 1.165) is 16.7 Å². The second-order valence-corrected chi connectivity index (χ2v) is 5.17. The van der Waals surface area contributed by atoms with Crippen molar-refractivity contribution in [3.05, 3.63) is 58.1 Å². The maximum Gasteiger partial charge on any atom is 0.248 e. The summed E-state index contributed by atoms with van der Waals surface area (Å²) >= 11 is 11.9. The summed E-state index contributed by atoms with van der Waals surface area (Å²) in [6.45, 7) is 2.00. The molecule has 0 spiro atoms. The summed E-state index contributed by atoms with van der Waals surface area (Å²) in [6.07, 6.45) is 0. The van der Waals surface area contributed by atoms with Crippen LogP contribution in [0, 0.1) is 6.92 Å². The molecule has 5 heteroatoms. The number of nitrogens with zero attached hydrogens (tertiary/aromatic N) is 2. The molecular formula is C15H10Cl2N2O. The fourth-order valence-electron chi connectivity index (χ4n) is 1.89. The molecule has 20 heavy (non-hydrogen) atoms. The van der Waals surface area contributed by atoms with Crippen molar-refractivity contribution in [2.24, 2.45) is 0 Å². The standard InChI is InChI=1S/C15H10Cl2N2O/c1-9-4-2-3-5-11(9)15-19-18-14(20-15)10-6-7-12(16)13(17)8-10/h2-8H,1H3. The average molecular weight is 305 g/mol. The Morgan fingerprint density at radius 2 is 1.65 bits per heavy atom. The molecule has 0 unspecified atom stereocenters. The van der Waals surface area contributed by atoms with Gasteiger partial charge in [0, 0.05) is 11.1 Å². The predicted molar refractivity (Wildman–Crippen MR) is 79.9 cm³/mol. The van der Waals surface area contributed by atoms with Crippen LogP contribution in [-0.2, 0) is 0 Å². The van der Waals surface area contributed by atoms with Gasteiger partial charge in [-0.3, -0.25) is 0 Å². The van der Waals surface area contributed by atoms with Crippen molar-refractivity contribution in [3.8, 4) is 22.9 Å². The quantitative estimate of drug-likeness (QED) is 0.667. The molecular weight excluding hydrogens is 295 g/mol. The van der Waals surface area contributed by atoms with E-state index in [2.05, 4.69) is 10.2 Å². The predicted octanol–water partition coefficient (Wildman–Crippen LogP) is 5.02. The van der Waals surface area contributed by atoms with Gasteiger partial charge in [0.05, 0.1) is 10.0 Å². The molecule has 3 aromatic rings. The normalized spacial score (nSPS) is 10.8. The summed E-state index contributed by atoms with van der Waals surface area (Å²) in [7, 11) is 0. The number of aromatic nitrogens is 2. The van der Waals surface area contributed by atoms with Gasteiger partial charge in [-0.15, -0.1) is 10.2 Å². The monoisotopic (exact) mass is 304 g/mol. The van der Waals surface area contributed by atoms with Crippen LogP contribution in [0.1, 0.15) is 5.56 Å². The average Bonchev–Trinajstić information content (AvgIpc) is 2.92. The highest BCUT2D eigenvalue weighted by atomic mass is 35.5. The number of halogens is 2. The smallest absolute Gasteiger partial charge is 0.248 e. The lowest BCUT2D eigenvalue weighted by molar-refractivity contribution is 0.584. The Morgan fingerprint density at radius 3 is 2.40 bits per heavy atom. The van der Waals surface area contributed by atoms with Gasteiger partial charge in [0.1, 0.15) is 0 Å². The maximum absolute atomic E-state index is 5.99. The molecule has 0 bridgehead atoms. The highest BCUT2D eigenvalue weighted by molar-refractivity contribution is 6.42. The first-order valence-corrected chi connectivity index (χ1v) is 6.75. The number of benzene rings is 2. The molecule has 2 aromatic carbocycles. The topological polar surface area (TPSA) is 38.9 Å². The zero-order valence-corrected chi connectivity index (χ0v) is 12.1. The summed E-state index contributed by atoms with van der Waals surface area (Å²) in [5.74, 6) is 0.908. The third-order valence-electron chi connectivity index (χ3n) is 2.97. The molecule has 0 radical (unpaired) electrons. The highest BCUT2D eigenvalue weighted by Gasteiger charge is 2.12. The summed E-state index contributed by atoms with van der Waals surface area (Å²) in [6, 6.07) is 13.1. The van der Waals surface area contributed by atoms with Crippen LogP contribution >= 0.6 is 23.2 Å². The molecule has 0 aliphatic rings. The van der Waals surface area contributed by atoms with E-state index < -0.39 is 0 Å². The van der Waals surface area contributed by atoms with Crippen molar-refractivity contribution in [3.63, 3.8) is 0 Å². The van der Waals surface area contributed by atoms with Crippen LogP contribution in [0.25, 0.3) is 22.9 Å². The van der Waals surface area contributed by atoms with E-state index in [-0.39, 0.29) is 0 Å². The lowest BCUT2D eigenvalue weighted by Crippen LogP contribution is -1.81. The number of aryl methyl sites for hydroxylation is 1. The first-order valence-electron chi connectivity index (χ1n) is 6.00. The zero-order valence-electron chi connectivity index (χ0n) is 10.6. The molecule has 0 N–H and O–H groups in total. The van der Waals surface area contributed by atoms with Crippen LogP contribution < -0.4 is 0 Å². The van der Waals surface area contributed by atoms with Crippen molar-refractivity contribution < 1.29 is 4.42 Å². The minimum Gasteiger partial charge on any atom is -0.416 e. The van der Waals surface area contributed by atoms with Crippen LogP contribution in [0.5, 0.6) is 0 Å². The van der Waals surface area contributed by atoms with Crippen LogP contribution in [0.4, 0.5) is 0 Å². The van der Waals surface area contributed by atoms with Gasteiger partial charge in [-0.05, 0) is 36.8 Å². The summed E-state index contributed by atoms with van der Waals surface area (Å²) < 4.78 is 5.71. The Morgan fingerprint density at radius 1 is 0.900 bits per heavy atom. The SMILES string of the molecule is Cc1ccccc1-c1nnc(-c2ccc(Cl)c(Cl)c2)o1. The van der Waals surface area contributed by atoms with Gasteiger partial charge in [0.15, 0.2) is 0 Å². The minimum absolute atomic E-state index is 0.418. The second kappa shape index (κ2) is 5.27. The third kappa shape index (κ3) is 2.42. The Bertz CT molecular complexity index is 768. The van der Waals surface area contributed by atoms with E-state index in [4.69, 9.17) is 27.6 Å². The maximum atomic E-state index is 5.99. The van der Waals surface area contributed by atoms with Crippen molar-refractivity contribution in [2.75, 3.05) is 0 Å². The molecule has 1 heterocycles. The van der Waals surface area contributed by atoms with Gasteiger partial charge in [-0.2, -0.15) is 0 Å². The Labute approximate surface area is 126 Å². The Kier molecular flexibility index (Phi) is 3.47. The number of rotatable bonds is 2. The number of hydrogen-bond acceptors (Lipinski definition) is 3. The van der Waals surface area contributed by atoms with Gasteiger partial charge in [-0.1, -0.05) is 41.4 Å². The third-order valence-corrected chi connectivity index (χ3v) is 3.71. The minimum atomic E-state index is 0.418. The highest BCUT2D eigenvalue weighted by Crippen LogP contribution is 2.30. The van der Waals surface area contributed by atoms with E-state index in [9.17, 15) is 0 Å². The molecule has 1 aromatic heterocycles. The fraction of sp³-hybridized carbons (Fsp3) is 0.0667. The molecule has 3 nitrogen and oxygen atoms in total. The van der Waals surface area contributed by atoms with Crippen molar-refractivity contribution in [2.45, 2.75) is 6.92 Å². The Balaban J connectivity index is 2.02. The first kappa shape index (κ1) is 13.2. The fourth-order valence-corrected chi connectivity index (χ4v) is 2.19. The molecule has 3 rings (SSSR count). The molecule has 0 amide bonds. The largest absolute Gasteiger partial charge is 0.416 e. The lowest BCUT2D eigenvalue weighted by Gasteiger charge is -1.99. The van der Waals surface area contributed by atoms with Crippen LogP contribution in [0.15, 0.2) is 46.9 Å². The molecule has 0 saturated heterocycles. The summed E-state index contributed by atoms with van der Waals surface area (Å²) in [5, 5.41) is 9.09. The van der Waals surface area contributed by atoms with E-state index in [1.807, 2.05) is 31.2 Å². The van der Waals surface area contributed by atoms with Gasteiger partial charge in [0.2, 0.25) is 11.8 Å². The molecule has 0 saturated carbocycles. The molecule has 0 fully saturated rings. The summed E-state index contributed by atoms with van der Waals surface area (Å²) in [4.78, 5) is 0. The van der Waals surface area contributed by atoms with Crippen molar-refractivity contribution >= 4 is 23.2 Å². The second-order valence-electron chi connectivity index (χ2n) is 4.36. The van der Waals surface area contributed by atoms with Crippen molar-refractivity contribution in [1.29, 1.82) is 0 Å². The van der Waals surface area contributed by atoms with Gasteiger partial charge in [-0.25, -0.2) is 0 Å². The molecule has 0 aliphatic carbocycles. The van der Waals surface area contributed by atoms with E-state index in [0.29, 0.717) is 21.8 Å². The lowest BCUT2D eigenvalue weighted by atomic mass is 10.1.